The molecule has 2 rings (SSSR count). The van der Waals surface area contributed by atoms with Crippen molar-refractivity contribution < 1.29 is 19.4 Å². The number of carbonyl (C=O) groups excluding carboxylic acids is 1. The van der Waals surface area contributed by atoms with Crippen LogP contribution >= 0.6 is 0 Å². The van der Waals surface area contributed by atoms with E-state index in [-0.39, 0.29) is 18.2 Å². The van der Waals surface area contributed by atoms with Gasteiger partial charge >= 0.3 is 5.97 Å². The molecule has 0 spiro atoms. The van der Waals surface area contributed by atoms with E-state index in [1.165, 1.54) is 0 Å². The molecule has 0 bridgehead atoms. The number of hydrogen-bond acceptors (Lipinski definition) is 3. The molecule has 112 valence electrons. The van der Waals surface area contributed by atoms with Crippen LogP contribution in [0.2, 0.25) is 0 Å². The number of nitrogens with one attached hydrogen (secondary N) is 1. The Hall–Kier alpha value is -1.36. The maximum atomic E-state index is 12.4. The topological polar surface area (TPSA) is 75.6 Å². The number of ether oxygens (including phenoxy) is 1. The maximum absolute atomic E-state index is 12.4. The third kappa shape index (κ3) is 4.07. The van der Waals surface area contributed by atoms with Crippen LogP contribution in [0.3, 0.4) is 0 Å². The Balaban J connectivity index is 1.99. The van der Waals surface area contributed by atoms with Crippen LogP contribution in [0.4, 0.5) is 0 Å². The van der Waals surface area contributed by atoms with Gasteiger partial charge in [-0.1, -0.05) is 12.2 Å². The zero-order chi connectivity index (χ0) is 14.4. The van der Waals surface area contributed by atoms with Crippen LogP contribution < -0.4 is 5.32 Å². The number of hydrogen-bond donors (Lipinski definition) is 2. The van der Waals surface area contributed by atoms with Gasteiger partial charge in [0.15, 0.2) is 0 Å². The van der Waals surface area contributed by atoms with Gasteiger partial charge in [0.05, 0.1) is 12.0 Å². The zero-order valence-corrected chi connectivity index (χ0v) is 11.8. The molecule has 0 aromatic heterocycles. The normalized spacial score (nSPS) is 23.0. The zero-order valence-electron chi connectivity index (χ0n) is 11.8. The van der Waals surface area contributed by atoms with Crippen LogP contribution in [-0.4, -0.2) is 35.7 Å². The van der Waals surface area contributed by atoms with Crippen molar-refractivity contribution in [2.75, 3.05) is 13.2 Å². The van der Waals surface area contributed by atoms with E-state index in [1.54, 1.807) is 0 Å². The standard InChI is InChI=1S/C15H23NO4/c17-13(18)11-15(7-9-20-10-8-15)16-14(19)12-5-3-1-2-4-6-12/h1-2,12H,3-11H2,(H,16,19)(H,17,18). The lowest BCUT2D eigenvalue weighted by Crippen LogP contribution is -2.54. The van der Waals surface area contributed by atoms with Crippen molar-refractivity contribution in [2.45, 2.75) is 50.5 Å². The lowest BCUT2D eigenvalue weighted by Gasteiger charge is -2.37. The summed E-state index contributed by atoms with van der Waals surface area (Å²) in [7, 11) is 0. The van der Waals surface area contributed by atoms with Gasteiger partial charge in [0.1, 0.15) is 0 Å². The molecule has 1 saturated heterocycles. The van der Waals surface area contributed by atoms with E-state index in [2.05, 4.69) is 17.5 Å². The molecular formula is C15H23NO4. The number of aliphatic carboxylic acids is 1. The highest BCUT2D eigenvalue weighted by Crippen LogP contribution is 2.27. The van der Waals surface area contributed by atoms with Crippen molar-refractivity contribution in [3.05, 3.63) is 12.2 Å². The molecular weight excluding hydrogens is 258 g/mol. The molecule has 2 N–H and O–H groups in total. The molecule has 5 heteroatoms. The maximum Gasteiger partial charge on any atom is 0.305 e. The number of rotatable bonds is 4. The van der Waals surface area contributed by atoms with E-state index in [4.69, 9.17) is 9.84 Å². The molecule has 2 aliphatic rings. The Morgan fingerprint density at radius 3 is 2.35 bits per heavy atom. The highest BCUT2D eigenvalue weighted by molar-refractivity contribution is 5.80. The minimum absolute atomic E-state index is 0.00138. The average molecular weight is 281 g/mol. The van der Waals surface area contributed by atoms with Crippen molar-refractivity contribution in [3.63, 3.8) is 0 Å². The molecule has 1 fully saturated rings. The highest BCUT2D eigenvalue weighted by atomic mass is 16.5. The average Bonchev–Trinajstić information content (AvgIpc) is 2.67. The molecule has 1 aliphatic carbocycles. The fourth-order valence-corrected chi connectivity index (χ4v) is 3.00. The van der Waals surface area contributed by atoms with Gasteiger partial charge in [-0.2, -0.15) is 0 Å². The molecule has 0 atom stereocenters. The molecule has 0 unspecified atom stereocenters. The Labute approximate surface area is 119 Å². The predicted molar refractivity (Wildman–Crippen MR) is 74.3 cm³/mol. The van der Waals surface area contributed by atoms with Gasteiger partial charge in [-0.3, -0.25) is 9.59 Å². The highest BCUT2D eigenvalue weighted by Gasteiger charge is 2.37. The molecule has 1 aliphatic heterocycles. The van der Waals surface area contributed by atoms with Gasteiger partial charge in [0.25, 0.3) is 0 Å². The second kappa shape index (κ2) is 6.88. The summed E-state index contributed by atoms with van der Waals surface area (Å²) in [4.78, 5) is 23.5. The van der Waals surface area contributed by atoms with Crippen molar-refractivity contribution in [2.24, 2.45) is 5.92 Å². The fraction of sp³-hybridized carbons (Fsp3) is 0.733. The van der Waals surface area contributed by atoms with Gasteiger partial charge in [-0.05, 0) is 38.5 Å². The molecule has 1 heterocycles. The first-order chi connectivity index (χ1) is 9.61. The second-order valence-electron chi connectivity index (χ2n) is 5.78. The third-order valence-corrected chi connectivity index (χ3v) is 4.23. The minimum atomic E-state index is -0.866. The molecule has 0 saturated carbocycles. The van der Waals surface area contributed by atoms with Crippen LogP contribution in [-0.2, 0) is 14.3 Å². The van der Waals surface area contributed by atoms with Gasteiger partial charge < -0.3 is 15.2 Å². The SMILES string of the molecule is O=C(O)CC1(NC(=O)C2CCC=CCC2)CCOCC1. The van der Waals surface area contributed by atoms with E-state index in [0.29, 0.717) is 26.1 Å². The largest absolute Gasteiger partial charge is 0.481 e. The van der Waals surface area contributed by atoms with Crippen molar-refractivity contribution in [1.29, 1.82) is 0 Å². The summed E-state index contributed by atoms with van der Waals surface area (Å²) in [5, 5.41) is 12.1. The lowest BCUT2D eigenvalue weighted by molar-refractivity contribution is -0.141. The number of carboxylic acids is 1. The van der Waals surface area contributed by atoms with Crippen molar-refractivity contribution in [1.82, 2.24) is 5.32 Å². The number of carboxylic acid groups (broad SMARTS) is 1. The second-order valence-corrected chi connectivity index (χ2v) is 5.78. The van der Waals surface area contributed by atoms with Gasteiger partial charge in [0, 0.05) is 19.1 Å². The van der Waals surface area contributed by atoms with Crippen molar-refractivity contribution >= 4 is 11.9 Å². The van der Waals surface area contributed by atoms with E-state index < -0.39 is 11.5 Å². The Morgan fingerprint density at radius 2 is 1.80 bits per heavy atom. The summed E-state index contributed by atoms with van der Waals surface area (Å²) in [6, 6.07) is 0. The summed E-state index contributed by atoms with van der Waals surface area (Å²) < 4.78 is 5.30. The van der Waals surface area contributed by atoms with E-state index in [0.717, 1.165) is 25.7 Å². The Kier molecular flexibility index (Phi) is 5.17. The van der Waals surface area contributed by atoms with Crippen LogP contribution in [0.5, 0.6) is 0 Å². The predicted octanol–water partition coefficient (Wildman–Crippen LogP) is 1.87. The number of allylic oxidation sites excluding steroid dienone is 2. The minimum Gasteiger partial charge on any atom is -0.481 e. The Bertz CT molecular complexity index is 375. The molecule has 0 aromatic rings. The lowest BCUT2D eigenvalue weighted by atomic mass is 9.85. The van der Waals surface area contributed by atoms with Gasteiger partial charge in [-0.15, -0.1) is 0 Å². The van der Waals surface area contributed by atoms with Crippen molar-refractivity contribution in [3.8, 4) is 0 Å². The van der Waals surface area contributed by atoms with E-state index in [1.807, 2.05) is 0 Å². The first-order valence-electron chi connectivity index (χ1n) is 7.38. The molecule has 0 aromatic carbocycles. The molecule has 1 amide bonds. The van der Waals surface area contributed by atoms with Crippen LogP contribution in [0.15, 0.2) is 12.2 Å². The summed E-state index contributed by atoms with van der Waals surface area (Å²) >= 11 is 0. The quantitative estimate of drug-likeness (QED) is 0.771. The first kappa shape index (κ1) is 15.0. The monoisotopic (exact) mass is 281 g/mol. The van der Waals surface area contributed by atoms with E-state index in [9.17, 15) is 9.59 Å². The first-order valence-corrected chi connectivity index (χ1v) is 7.38. The van der Waals surface area contributed by atoms with Crippen LogP contribution in [0, 0.1) is 5.92 Å². The number of carbonyl (C=O) groups is 2. The molecule has 20 heavy (non-hydrogen) atoms. The smallest absolute Gasteiger partial charge is 0.305 e. The summed E-state index contributed by atoms with van der Waals surface area (Å²) in [6.45, 7) is 1.03. The number of amides is 1. The van der Waals surface area contributed by atoms with Crippen LogP contribution in [0.25, 0.3) is 0 Å². The fourth-order valence-electron chi connectivity index (χ4n) is 3.00. The van der Waals surface area contributed by atoms with Gasteiger partial charge in [0.2, 0.25) is 5.91 Å². The summed E-state index contributed by atoms with van der Waals surface area (Å²) in [5.41, 5.74) is -0.624. The Morgan fingerprint density at radius 1 is 1.20 bits per heavy atom. The summed E-state index contributed by atoms with van der Waals surface area (Å²) in [5.74, 6) is -0.856. The molecule has 5 nitrogen and oxygen atoms in total. The van der Waals surface area contributed by atoms with E-state index >= 15 is 0 Å². The van der Waals surface area contributed by atoms with Crippen LogP contribution in [0.1, 0.15) is 44.9 Å². The summed E-state index contributed by atoms with van der Waals surface area (Å²) in [6.07, 6.45) is 8.92. The molecule has 0 radical (unpaired) electrons. The third-order valence-electron chi connectivity index (χ3n) is 4.23. The van der Waals surface area contributed by atoms with Gasteiger partial charge in [-0.25, -0.2) is 0 Å².